The fourth-order valence-corrected chi connectivity index (χ4v) is 10.7. The Hall–Kier alpha value is -4.87. The number of ether oxygens (including phenoxy) is 2. The zero-order valence-corrected chi connectivity index (χ0v) is 32.5. The molecule has 10 atom stereocenters. The van der Waals surface area contributed by atoms with Crippen molar-refractivity contribution in [3.63, 3.8) is 0 Å². The molecule has 0 radical (unpaired) electrons. The molecule has 6 N–H and O–H groups in total. The number of halogens is 2. The Morgan fingerprint density at radius 3 is 2.27 bits per heavy atom. The monoisotopic (exact) mass is 880 g/mol. The number of carbonyl (C=O) groups excluding carboxylic acids is 1. The van der Waals surface area contributed by atoms with Crippen molar-refractivity contribution in [2.75, 3.05) is 24.3 Å². The van der Waals surface area contributed by atoms with Gasteiger partial charge in [0, 0.05) is 29.3 Å². The number of amides is 1. The summed E-state index contributed by atoms with van der Waals surface area (Å²) in [7, 11) is -5.27. The minimum Gasteiger partial charge on any atom is -0.508 e. The third-order valence-corrected chi connectivity index (χ3v) is 14.0. The Balaban J connectivity index is 1.09. The molecule has 2 aromatic carbocycles. The van der Waals surface area contributed by atoms with Crippen LogP contribution < -0.4 is 22.3 Å². The zero-order chi connectivity index (χ0) is 41.6. The highest BCUT2D eigenvalue weighted by Crippen LogP contribution is 2.65. The number of nitrogens with two attached hydrogens (primary N) is 1. The predicted molar refractivity (Wildman–Crippen MR) is 202 cm³/mol. The van der Waals surface area contributed by atoms with Crippen LogP contribution in [0.1, 0.15) is 28.4 Å². The van der Waals surface area contributed by atoms with Crippen LogP contribution in [0.3, 0.4) is 0 Å². The summed E-state index contributed by atoms with van der Waals surface area (Å²) in [4.78, 5) is 62.2. The molecule has 0 aliphatic carbocycles. The Morgan fingerprint density at radius 1 is 0.915 bits per heavy atom. The minimum atomic E-state index is -5.27. The van der Waals surface area contributed by atoms with Crippen LogP contribution in [0.4, 0.5) is 20.3 Å². The van der Waals surface area contributed by atoms with Gasteiger partial charge in [-0.15, -0.1) is 0 Å². The third-order valence-electron chi connectivity index (χ3n) is 9.35. The van der Waals surface area contributed by atoms with E-state index in [2.05, 4.69) is 20.3 Å². The van der Waals surface area contributed by atoms with Crippen molar-refractivity contribution in [3.05, 3.63) is 105 Å². The van der Waals surface area contributed by atoms with Gasteiger partial charge in [-0.25, -0.2) is 37.7 Å². The quantitative estimate of drug-likeness (QED) is 0.147. The van der Waals surface area contributed by atoms with Gasteiger partial charge in [0.05, 0.1) is 19.5 Å². The van der Waals surface area contributed by atoms with Crippen LogP contribution in [-0.4, -0.2) is 95.0 Å². The fraction of sp³-hybridized carbons (Fsp3) is 0.333. The summed E-state index contributed by atoms with van der Waals surface area (Å²) in [5.41, 5.74) is 5.39. The number of aromatic amines is 1. The number of rotatable bonds is 7. The number of benzene rings is 2. The molecule has 312 valence electrons. The van der Waals surface area contributed by atoms with Crippen molar-refractivity contribution < 1.29 is 60.3 Å². The number of phosphoric acid groups is 1. The van der Waals surface area contributed by atoms with E-state index < -0.39 is 94.2 Å². The Kier molecular flexibility index (Phi) is 11.3. The number of anilines is 2. The molecule has 3 fully saturated rings. The molecule has 4 bridgehead atoms. The molecule has 0 saturated carbocycles. The molecule has 3 aliphatic rings. The summed E-state index contributed by atoms with van der Waals surface area (Å²) >= 11 is 0.565. The lowest BCUT2D eigenvalue weighted by Gasteiger charge is -2.27. The molecule has 26 heteroatoms. The average Bonchev–Trinajstić information content (AvgIpc) is 3.86. The minimum absolute atomic E-state index is 0.00873. The van der Waals surface area contributed by atoms with Gasteiger partial charge in [0.25, 0.3) is 11.5 Å². The number of nitrogens with one attached hydrogen (secondary N) is 2. The number of phenolic OH excluding ortho intramolecular Hbond substituents is 1. The van der Waals surface area contributed by atoms with Gasteiger partial charge in [-0.3, -0.25) is 41.8 Å². The van der Waals surface area contributed by atoms with Crippen LogP contribution >= 0.6 is 26.0 Å². The standard InChI is InChI=1S/C33H32F2N8O13P2S/c34-23-21-12-52-58(50,59-13-16-1-5-18(6-2-16)40-30(46)17-3-7-19(44)8-4-17)56-27-24(35)20(53-31(27)42-10-9-22(45)41-33(42)47)11-51-57(48,49)55-26(23)32(54-21)43-15-39-25-28(36)37-14-38-29(25)43/h1-10,14-15,20-21,23-24,26-27,31-32,44H,11-13H2,(H,40,46)(H,48,49)(H2,36,37,38)(H,41,45,47)/t20-,21-,23-,24-,26-,27-,31-,32-,58?/m1/s1. The maximum Gasteiger partial charge on any atom is 0.472 e. The molecule has 1 amide bonds. The number of alkyl halides is 2. The van der Waals surface area contributed by atoms with Crippen LogP contribution in [0.5, 0.6) is 5.75 Å². The molecule has 2 unspecified atom stereocenters. The number of carbonyl (C=O) groups is 1. The lowest BCUT2D eigenvalue weighted by Crippen LogP contribution is -2.38. The van der Waals surface area contributed by atoms with E-state index >= 15 is 8.78 Å². The van der Waals surface area contributed by atoms with Gasteiger partial charge in [0.15, 0.2) is 36.3 Å². The summed E-state index contributed by atoms with van der Waals surface area (Å²) in [6, 6.07) is 12.8. The SMILES string of the molecule is Nc1ncnc2c1ncn2[C@@H]1O[C@@H]2COP(=O)(SCc3ccc(NC(=O)c4ccc(O)cc4)cc3)O[C@@H]3[C@H](F)[C@@H](COP(=O)(O)O[C@@H]1[C@@H]2F)O[C@H]3n1ccc(=O)[nH]c1=O. The second-order valence-corrected chi connectivity index (χ2v) is 18.7. The van der Waals surface area contributed by atoms with Gasteiger partial charge in [-0.1, -0.05) is 12.1 Å². The molecule has 8 rings (SSSR count). The van der Waals surface area contributed by atoms with Gasteiger partial charge in [-0.05, 0) is 53.3 Å². The van der Waals surface area contributed by atoms with Crippen molar-refractivity contribution in [3.8, 4) is 5.75 Å². The summed E-state index contributed by atoms with van der Waals surface area (Å²) in [6.45, 7) is -6.56. The lowest BCUT2D eigenvalue weighted by atomic mass is 10.1. The number of phenols is 1. The Bertz CT molecular complexity index is 2590. The van der Waals surface area contributed by atoms with Gasteiger partial charge >= 0.3 is 20.3 Å². The number of aromatic nitrogens is 6. The smallest absolute Gasteiger partial charge is 0.472 e. The first kappa shape index (κ1) is 40.9. The maximum atomic E-state index is 16.4. The number of H-pyrrole nitrogens is 1. The summed E-state index contributed by atoms with van der Waals surface area (Å²) in [5, 5.41) is 12.2. The fourth-order valence-electron chi connectivity index (χ4n) is 6.43. The summed E-state index contributed by atoms with van der Waals surface area (Å²) < 4.78 is 96.5. The van der Waals surface area contributed by atoms with Gasteiger partial charge in [0.1, 0.15) is 42.0 Å². The maximum absolute atomic E-state index is 16.4. The molecular weight excluding hydrogens is 848 g/mol. The van der Waals surface area contributed by atoms with Gasteiger partial charge in [-0.2, -0.15) is 0 Å². The molecule has 59 heavy (non-hydrogen) atoms. The molecule has 3 aliphatic heterocycles. The largest absolute Gasteiger partial charge is 0.508 e. The van der Waals surface area contributed by atoms with Crippen LogP contribution in [0.25, 0.3) is 11.2 Å². The summed E-state index contributed by atoms with van der Waals surface area (Å²) in [6.07, 6.45) is -12.0. The van der Waals surface area contributed by atoms with E-state index in [0.717, 1.165) is 29.5 Å². The predicted octanol–water partition coefficient (Wildman–Crippen LogP) is 3.35. The third kappa shape index (κ3) is 8.59. The molecule has 3 aromatic heterocycles. The number of hydrogen-bond donors (Lipinski definition) is 5. The van der Waals surface area contributed by atoms with Crippen molar-refractivity contribution in [2.45, 2.75) is 55.0 Å². The number of hydrogen-bond acceptors (Lipinski definition) is 17. The van der Waals surface area contributed by atoms with Crippen molar-refractivity contribution in [1.29, 1.82) is 0 Å². The second-order valence-electron chi connectivity index (χ2n) is 13.2. The molecule has 0 spiro atoms. The molecule has 5 aromatic rings. The first-order chi connectivity index (χ1) is 28.2. The number of imidazole rings is 1. The van der Waals surface area contributed by atoms with E-state index in [0.29, 0.717) is 22.6 Å². The zero-order valence-electron chi connectivity index (χ0n) is 29.9. The van der Waals surface area contributed by atoms with Crippen molar-refractivity contribution >= 4 is 54.6 Å². The highest BCUT2D eigenvalue weighted by molar-refractivity contribution is 8.54. The second kappa shape index (κ2) is 16.3. The van der Waals surface area contributed by atoms with Crippen LogP contribution in [0.2, 0.25) is 0 Å². The van der Waals surface area contributed by atoms with E-state index in [1.54, 1.807) is 24.3 Å². The number of nitrogen functional groups attached to an aromatic ring is 1. The first-order valence-corrected chi connectivity index (χ1v) is 22.1. The normalized spacial score (nSPS) is 31.2. The summed E-state index contributed by atoms with van der Waals surface area (Å²) in [5.74, 6) is -0.616. The Labute approximate surface area is 333 Å². The first-order valence-electron chi connectivity index (χ1n) is 17.4. The number of nitrogens with zero attached hydrogens (tertiary/aromatic N) is 5. The molecule has 3 saturated heterocycles. The van der Waals surface area contributed by atoms with E-state index in [-0.39, 0.29) is 34.0 Å². The molecule has 21 nitrogen and oxygen atoms in total. The van der Waals surface area contributed by atoms with Crippen LogP contribution in [0, 0.1) is 0 Å². The van der Waals surface area contributed by atoms with Crippen LogP contribution in [-0.2, 0) is 42.5 Å². The molecular formula is C33H32F2N8O13P2S. The molecule has 6 heterocycles. The van der Waals surface area contributed by atoms with E-state index in [1.807, 2.05) is 4.98 Å². The van der Waals surface area contributed by atoms with E-state index in [9.17, 15) is 33.5 Å². The van der Waals surface area contributed by atoms with Crippen LogP contribution in [0.15, 0.2) is 83.0 Å². The highest BCUT2D eigenvalue weighted by Gasteiger charge is 2.55. The van der Waals surface area contributed by atoms with Crippen molar-refractivity contribution in [2.24, 2.45) is 0 Å². The topological polar surface area (TPSA) is 284 Å². The average molecular weight is 881 g/mol. The number of aromatic hydroxyl groups is 1. The number of phosphoric ester groups is 1. The van der Waals surface area contributed by atoms with Gasteiger partial charge in [0.2, 0.25) is 0 Å². The Morgan fingerprint density at radius 2 is 1.58 bits per heavy atom. The number of fused-ring (bicyclic) bond motifs is 5. The lowest BCUT2D eigenvalue weighted by molar-refractivity contribution is -0.0648. The van der Waals surface area contributed by atoms with Crippen molar-refractivity contribution in [1.82, 2.24) is 29.1 Å². The van der Waals surface area contributed by atoms with E-state index in [1.165, 1.54) is 28.8 Å². The highest BCUT2D eigenvalue weighted by atomic mass is 32.7. The van der Waals surface area contributed by atoms with Gasteiger partial charge < -0.3 is 30.5 Å². The van der Waals surface area contributed by atoms with E-state index in [4.69, 9.17) is 33.3 Å².